The van der Waals surface area contributed by atoms with Crippen LogP contribution in [0, 0.1) is 11.8 Å². The number of piperidine rings is 1. The van der Waals surface area contributed by atoms with Crippen LogP contribution in [0.5, 0.6) is 0 Å². The van der Waals surface area contributed by atoms with Crippen molar-refractivity contribution in [3.05, 3.63) is 0 Å². The van der Waals surface area contributed by atoms with E-state index >= 15 is 0 Å². The van der Waals surface area contributed by atoms with Crippen LogP contribution in [0.4, 0.5) is 0 Å². The molecular formula is C17H36N4O2S. The fraction of sp³-hybridized carbons (Fsp3) is 0.941. The first kappa shape index (κ1) is 21.2. The maximum Gasteiger partial charge on any atom is 0.211 e. The molecule has 0 saturated carbocycles. The van der Waals surface area contributed by atoms with Gasteiger partial charge in [0.15, 0.2) is 5.96 Å². The third-order valence-electron chi connectivity index (χ3n) is 4.63. The highest BCUT2D eigenvalue weighted by atomic mass is 32.2. The second-order valence-corrected chi connectivity index (χ2v) is 9.41. The van der Waals surface area contributed by atoms with E-state index in [0.717, 1.165) is 37.7 Å². The first-order chi connectivity index (χ1) is 11.2. The van der Waals surface area contributed by atoms with E-state index in [1.807, 2.05) is 0 Å². The lowest BCUT2D eigenvalue weighted by Crippen LogP contribution is -2.46. The molecule has 1 aliphatic heterocycles. The molecule has 0 aromatic heterocycles. The summed E-state index contributed by atoms with van der Waals surface area (Å²) in [5.74, 6) is 2.10. The summed E-state index contributed by atoms with van der Waals surface area (Å²) in [4.78, 5) is 4.30. The number of hydrogen-bond acceptors (Lipinski definition) is 3. The van der Waals surface area contributed by atoms with Crippen molar-refractivity contribution in [1.29, 1.82) is 0 Å². The van der Waals surface area contributed by atoms with Gasteiger partial charge in [0.2, 0.25) is 10.0 Å². The highest BCUT2D eigenvalue weighted by Gasteiger charge is 2.24. The maximum atomic E-state index is 11.5. The zero-order valence-corrected chi connectivity index (χ0v) is 16.8. The average molecular weight is 361 g/mol. The van der Waals surface area contributed by atoms with Gasteiger partial charge in [0, 0.05) is 32.7 Å². The summed E-state index contributed by atoms with van der Waals surface area (Å²) in [6.45, 7) is 8.81. The van der Waals surface area contributed by atoms with Crippen LogP contribution < -0.4 is 10.6 Å². The molecule has 0 aliphatic carbocycles. The van der Waals surface area contributed by atoms with Crippen molar-refractivity contribution >= 4 is 16.0 Å². The van der Waals surface area contributed by atoms with Gasteiger partial charge in [-0.05, 0) is 38.0 Å². The molecule has 0 aromatic rings. The standard InChI is InChI=1S/C17H36N4O2S/c1-14(2)7-6-8-15(3)20-17(18-4)19-13-16-9-11-21(12-10-16)24(5,22)23/h14-16H,6-13H2,1-5H3,(H2,18,19,20). The van der Waals surface area contributed by atoms with Gasteiger partial charge in [-0.2, -0.15) is 0 Å². The summed E-state index contributed by atoms with van der Waals surface area (Å²) in [5, 5.41) is 6.84. The lowest BCUT2D eigenvalue weighted by atomic mass is 9.98. The maximum absolute atomic E-state index is 11.5. The molecule has 1 unspecified atom stereocenters. The number of aliphatic imine (C=N–C) groups is 1. The van der Waals surface area contributed by atoms with Crippen molar-refractivity contribution in [1.82, 2.24) is 14.9 Å². The minimum Gasteiger partial charge on any atom is -0.356 e. The molecule has 0 radical (unpaired) electrons. The van der Waals surface area contributed by atoms with Crippen molar-refractivity contribution in [3.63, 3.8) is 0 Å². The van der Waals surface area contributed by atoms with Gasteiger partial charge >= 0.3 is 0 Å². The van der Waals surface area contributed by atoms with E-state index in [-0.39, 0.29) is 0 Å². The summed E-state index contributed by atoms with van der Waals surface area (Å²) in [7, 11) is -1.25. The van der Waals surface area contributed by atoms with Gasteiger partial charge in [0.25, 0.3) is 0 Å². The van der Waals surface area contributed by atoms with E-state index in [4.69, 9.17) is 0 Å². The van der Waals surface area contributed by atoms with Gasteiger partial charge in [0.1, 0.15) is 0 Å². The number of nitrogens with one attached hydrogen (secondary N) is 2. The quantitative estimate of drug-likeness (QED) is 0.513. The Morgan fingerprint density at radius 3 is 2.33 bits per heavy atom. The molecule has 6 nitrogen and oxygen atoms in total. The number of guanidine groups is 1. The van der Waals surface area contributed by atoms with E-state index in [9.17, 15) is 8.42 Å². The second-order valence-electron chi connectivity index (χ2n) is 7.43. The molecular weight excluding hydrogens is 324 g/mol. The first-order valence-corrected chi connectivity index (χ1v) is 11.0. The highest BCUT2D eigenvalue weighted by Crippen LogP contribution is 2.18. The smallest absolute Gasteiger partial charge is 0.211 e. The van der Waals surface area contributed by atoms with Crippen LogP contribution in [0.25, 0.3) is 0 Å². The zero-order valence-electron chi connectivity index (χ0n) is 16.0. The molecule has 0 aromatic carbocycles. The Labute approximate surface area is 148 Å². The molecule has 24 heavy (non-hydrogen) atoms. The Hall–Kier alpha value is -0.820. The van der Waals surface area contributed by atoms with E-state index < -0.39 is 10.0 Å². The molecule has 1 aliphatic rings. The third-order valence-corrected chi connectivity index (χ3v) is 5.93. The van der Waals surface area contributed by atoms with Crippen LogP contribution >= 0.6 is 0 Å². The van der Waals surface area contributed by atoms with Crippen LogP contribution in [0.2, 0.25) is 0 Å². The van der Waals surface area contributed by atoms with E-state index in [2.05, 4.69) is 36.4 Å². The van der Waals surface area contributed by atoms with Crippen LogP contribution in [0.1, 0.15) is 52.9 Å². The highest BCUT2D eigenvalue weighted by molar-refractivity contribution is 7.88. The summed E-state index contributed by atoms with van der Waals surface area (Å²) < 4.78 is 24.6. The first-order valence-electron chi connectivity index (χ1n) is 9.14. The van der Waals surface area contributed by atoms with Crippen LogP contribution in [-0.2, 0) is 10.0 Å². The minimum atomic E-state index is -3.04. The van der Waals surface area contributed by atoms with Gasteiger partial charge in [0.05, 0.1) is 6.26 Å². The average Bonchev–Trinajstić information content (AvgIpc) is 2.50. The van der Waals surface area contributed by atoms with Crippen molar-refractivity contribution < 1.29 is 8.42 Å². The largest absolute Gasteiger partial charge is 0.356 e. The topological polar surface area (TPSA) is 73.8 Å². The number of sulfonamides is 1. The molecule has 7 heteroatoms. The normalized spacial score (nSPS) is 19.5. The molecule has 1 saturated heterocycles. The SMILES string of the molecule is CN=C(NCC1CCN(S(C)(=O)=O)CC1)NC(C)CCCC(C)C. The molecule has 1 heterocycles. The molecule has 0 amide bonds. The molecule has 142 valence electrons. The van der Waals surface area contributed by atoms with Gasteiger partial charge < -0.3 is 10.6 Å². The van der Waals surface area contributed by atoms with Crippen molar-refractivity contribution in [2.24, 2.45) is 16.8 Å². The van der Waals surface area contributed by atoms with Crippen molar-refractivity contribution in [3.8, 4) is 0 Å². The monoisotopic (exact) mass is 360 g/mol. The molecule has 0 spiro atoms. The van der Waals surface area contributed by atoms with Crippen LogP contribution in [0.15, 0.2) is 4.99 Å². The predicted molar refractivity (Wildman–Crippen MR) is 102 cm³/mol. The van der Waals surface area contributed by atoms with E-state index in [0.29, 0.717) is 25.0 Å². The molecule has 0 bridgehead atoms. The fourth-order valence-electron chi connectivity index (χ4n) is 3.02. The van der Waals surface area contributed by atoms with Gasteiger partial charge in [-0.25, -0.2) is 12.7 Å². The van der Waals surface area contributed by atoms with Crippen molar-refractivity contribution in [2.45, 2.75) is 58.9 Å². The van der Waals surface area contributed by atoms with Gasteiger partial charge in [-0.1, -0.05) is 26.7 Å². The number of nitrogens with zero attached hydrogens (tertiary/aromatic N) is 2. The molecule has 1 atom stereocenters. The number of hydrogen-bond donors (Lipinski definition) is 2. The minimum absolute atomic E-state index is 0.405. The second kappa shape index (κ2) is 10.2. The lowest BCUT2D eigenvalue weighted by Gasteiger charge is -2.30. The zero-order chi connectivity index (χ0) is 18.2. The number of rotatable bonds is 8. The Bertz CT molecular complexity index is 483. The summed E-state index contributed by atoms with van der Waals surface area (Å²) in [5.41, 5.74) is 0. The van der Waals surface area contributed by atoms with Crippen LogP contribution in [-0.4, -0.2) is 57.7 Å². The van der Waals surface area contributed by atoms with Gasteiger partial charge in [-0.3, -0.25) is 4.99 Å². The molecule has 2 N–H and O–H groups in total. The summed E-state index contributed by atoms with van der Waals surface area (Å²) >= 11 is 0. The Balaban J connectivity index is 2.27. The Morgan fingerprint density at radius 1 is 1.21 bits per heavy atom. The summed E-state index contributed by atoms with van der Waals surface area (Å²) in [6.07, 6.45) is 6.73. The Kier molecular flexibility index (Phi) is 9.05. The predicted octanol–water partition coefficient (Wildman–Crippen LogP) is 2.04. The Morgan fingerprint density at radius 2 is 1.83 bits per heavy atom. The molecule has 1 fully saturated rings. The van der Waals surface area contributed by atoms with Crippen molar-refractivity contribution in [2.75, 3.05) is 32.9 Å². The molecule has 1 rings (SSSR count). The lowest BCUT2D eigenvalue weighted by molar-refractivity contribution is 0.274. The van der Waals surface area contributed by atoms with E-state index in [1.165, 1.54) is 19.1 Å². The van der Waals surface area contributed by atoms with E-state index in [1.54, 1.807) is 11.4 Å². The van der Waals surface area contributed by atoms with Gasteiger partial charge in [-0.15, -0.1) is 0 Å². The van der Waals surface area contributed by atoms with Crippen LogP contribution in [0.3, 0.4) is 0 Å². The summed E-state index contributed by atoms with van der Waals surface area (Å²) in [6, 6.07) is 0.405. The third kappa shape index (κ3) is 8.33. The fourth-order valence-corrected chi connectivity index (χ4v) is 3.89.